The molecule has 5 rings (SSSR count). The standard InChI is InChI=1S/C21H20N4O/c26-21-13-20-16-11-17(21)18(23-22-14-7-3-1-4-8-14)12-19(16)24-25(20)15-9-5-2-6-10-15/h1-10,16-18,20H,11-13H2/t16-,17+,18+,20?/m0/s1. The number of hydrogen-bond donors (Lipinski definition) is 0. The molecule has 2 saturated carbocycles. The summed E-state index contributed by atoms with van der Waals surface area (Å²) in [6.45, 7) is 0. The molecule has 5 heteroatoms. The molecule has 0 saturated heterocycles. The third-order valence-electron chi connectivity index (χ3n) is 5.76. The van der Waals surface area contributed by atoms with E-state index in [1.54, 1.807) is 0 Å². The molecule has 0 spiro atoms. The summed E-state index contributed by atoms with van der Waals surface area (Å²) in [5.74, 6) is 0.666. The summed E-state index contributed by atoms with van der Waals surface area (Å²) in [5.41, 5.74) is 3.07. The second-order valence-electron chi connectivity index (χ2n) is 7.28. The second-order valence-corrected chi connectivity index (χ2v) is 7.28. The van der Waals surface area contributed by atoms with Crippen LogP contribution in [0.1, 0.15) is 19.3 Å². The van der Waals surface area contributed by atoms with E-state index >= 15 is 0 Å². The minimum atomic E-state index is -0.0885. The molecule has 3 aliphatic rings. The first-order chi connectivity index (χ1) is 12.8. The highest BCUT2D eigenvalue weighted by molar-refractivity contribution is 5.98. The number of azo groups is 1. The van der Waals surface area contributed by atoms with Gasteiger partial charge in [0.2, 0.25) is 0 Å². The van der Waals surface area contributed by atoms with Gasteiger partial charge < -0.3 is 0 Å². The van der Waals surface area contributed by atoms with Gasteiger partial charge in [-0.25, -0.2) is 0 Å². The average Bonchev–Trinajstić information content (AvgIpc) is 3.07. The van der Waals surface area contributed by atoms with Crippen LogP contribution in [0.2, 0.25) is 0 Å². The number of anilines is 1. The third kappa shape index (κ3) is 2.55. The van der Waals surface area contributed by atoms with Gasteiger partial charge in [0.05, 0.1) is 23.5 Å². The van der Waals surface area contributed by atoms with Crippen molar-refractivity contribution < 1.29 is 4.79 Å². The number of Topliss-reactive ketones (excluding diaryl/α,β-unsaturated/α-hetero) is 1. The third-order valence-corrected chi connectivity index (χ3v) is 5.76. The van der Waals surface area contributed by atoms with Crippen molar-refractivity contribution in [2.24, 2.45) is 27.2 Å². The predicted molar refractivity (Wildman–Crippen MR) is 101 cm³/mol. The van der Waals surface area contributed by atoms with Gasteiger partial charge in [0.1, 0.15) is 5.78 Å². The van der Waals surface area contributed by atoms with E-state index in [0.29, 0.717) is 18.1 Å². The molecule has 2 aliphatic carbocycles. The monoisotopic (exact) mass is 344 g/mol. The van der Waals surface area contributed by atoms with Crippen molar-refractivity contribution in [2.45, 2.75) is 31.3 Å². The molecule has 1 aliphatic heterocycles. The lowest BCUT2D eigenvalue weighted by Gasteiger charge is -2.39. The SMILES string of the molecule is O=C1CC2[C@H]3C[C@@H]1[C@H](N=Nc1ccccc1)CC3=NN2c1ccccc1. The first kappa shape index (κ1) is 15.4. The number of carbonyl (C=O) groups is 1. The van der Waals surface area contributed by atoms with E-state index in [1.165, 1.54) is 5.71 Å². The van der Waals surface area contributed by atoms with Gasteiger partial charge in [-0.2, -0.15) is 15.3 Å². The fourth-order valence-electron chi connectivity index (χ4n) is 4.47. The molecule has 2 aromatic rings. The zero-order valence-electron chi connectivity index (χ0n) is 14.4. The average molecular weight is 344 g/mol. The molecule has 5 nitrogen and oxygen atoms in total. The van der Waals surface area contributed by atoms with E-state index < -0.39 is 0 Å². The van der Waals surface area contributed by atoms with Crippen LogP contribution >= 0.6 is 0 Å². The zero-order chi connectivity index (χ0) is 17.5. The largest absolute Gasteiger partial charge is 0.299 e. The molecule has 4 atom stereocenters. The van der Waals surface area contributed by atoms with Gasteiger partial charge in [0.15, 0.2) is 0 Å². The Bertz CT molecular complexity index is 877. The Hall–Kier alpha value is -2.82. The summed E-state index contributed by atoms with van der Waals surface area (Å²) >= 11 is 0. The Balaban J connectivity index is 1.44. The number of nitrogens with zero attached hydrogens (tertiary/aromatic N) is 4. The Morgan fingerprint density at radius 2 is 1.65 bits per heavy atom. The minimum Gasteiger partial charge on any atom is -0.299 e. The molecule has 1 unspecified atom stereocenters. The molecule has 0 amide bonds. The van der Waals surface area contributed by atoms with E-state index in [1.807, 2.05) is 48.5 Å². The number of hydrogen-bond acceptors (Lipinski definition) is 5. The minimum absolute atomic E-state index is 0.0154. The molecule has 0 radical (unpaired) electrons. The topological polar surface area (TPSA) is 57.4 Å². The molecule has 26 heavy (non-hydrogen) atoms. The quantitative estimate of drug-likeness (QED) is 0.776. The summed E-state index contributed by atoms with van der Waals surface area (Å²) in [5, 5.41) is 15.9. The van der Waals surface area contributed by atoms with E-state index in [0.717, 1.165) is 24.2 Å². The smallest absolute Gasteiger partial charge is 0.140 e. The molecule has 0 N–H and O–H groups in total. The second kappa shape index (κ2) is 6.16. The lowest BCUT2D eigenvalue weighted by atomic mass is 9.66. The Morgan fingerprint density at radius 3 is 2.42 bits per heavy atom. The molecular formula is C21H20N4O. The normalized spacial score (nSPS) is 29.9. The lowest BCUT2D eigenvalue weighted by Crippen LogP contribution is -2.49. The Kier molecular flexibility index (Phi) is 3.66. The predicted octanol–water partition coefficient (Wildman–Crippen LogP) is 4.38. The fraction of sp³-hybridized carbons (Fsp3) is 0.333. The molecular weight excluding hydrogens is 324 g/mol. The highest BCUT2D eigenvalue weighted by Crippen LogP contribution is 2.45. The van der Waals surface area contributed by atoms with Gasteiger partial charge >= 0.3 is 0 Å². The van der Waals surface area contributed by atoms with E-state index in [-0.39, 0.29) is 18.0 Å². The first-order valence-corrected chi connectivity index (χ1v) is 9.20. The van der Waals surface area contributed by atoms with E-state index in [4.69, 9.17) is 5.10 Å². The molecule has 2 aromatic carbocycles. The fourth-order valence-corrected chi connectivity index (χ4v) is 4.47. The van der Waals surface area contributed by atoms with Crippen molar-refractivity contribution in [3.63, 3.8) is 0 Å². The van der Waals surface area contributed by atoms with Gasteiger partial charge in [0.25, 0.3) is 0 Å². The van der Waals surface area contributed by atoms with Crippen molar-refractivity contribution >= 4 is 22.9 Å². The maximum Gasteiger partial charge on any atom is 0.140 e. The summed E-state index contributed by atoms with van der Waals surface area (Å²) in [4.78, 5) is 12.8. The van der Waals surface area contributed by atoms with Gasteiger partial charge in [0, 0.05) is 30.4 Å². The highest BCUT2D eigenvalue weighted by atomic mass is 16.1. The van der Waals surface area contributed by atoms with Crippen molar-refractivity contribution in [3.8, 4) is 0 Å². The van der Waals surface area contributed by atoms with Crippen LogP contribution in [0.5, 0.6) is 0 Å². The Morgan fingerprint density at radius 1 is 0.923 bits per heavy atom. The van der Waals surface area contributed by atoms with Crippen LogP contribution in [0.25, 0.3) is 0 Å². The first-order valence-electron chi connectivity index (χ1n) is 9.20. The molecule has 0 aromatic heterocycles. The summed E-state index contributed by atoms with van der Waals surface area (Å²) in [6.07, 6.45) is 2.13. The van der Waals surface area contributed by atoms with Crippen molar-refractivity contribution in [3.05, 3.63) is 60.7 Å². The van der Waals surface area contributed by atoms with Crippen molar-refractivity contribution in [1.82, 2.24) is 0 Å². The van der Waals surface area contributed by atoms with Gasteiger partial charge in [-0.3, -0.25) is 9.80 Å². The van der Waals surface area contributed by atoms with Crippen LogP contribution in [0.4, 0.5) is 11.4 Å². The van der Waals surface area contributed by atoms with Crippen LogP contribution in [-0.2, 0) is 4.79 Å². The molecule has 2 fully saturated rings. The van der Waals surface area contributed by atoms with Crippen LogP contribution in [0.15, 0.2) is 76.0 Å². The summed E-state index contributed by atoms with van der Waals surface area (Å²) < 4.78 is 0. The number of para-hydroxylation sites is 1. The van der Waals surface area contributed by atoms with Crippen LogP contribution < -0.4 is 5.01 Å². The number of benzene rings is 2. The zero-order valence-corrected chi connectivity index (χ0v) is 14.4. The Labute approximate surface area is 152 Å². The van der Waals surface area contributed by atoms with Crippen molar-refractivity contribution in [2.75, 3.05) is 5.01 Å². The van der Waals surface area contributed by atoms with Crippen LogP contribution in [0, 0.1) is 11.8 Å². The van der Waals surface area contributed by atoms with E-state index in [9.17, 15) is 4.79 Å². The summed E-state index contributed by atoms with van der Waals surface area (Å²) in [6, 6.07) is 19.9. The highest BCUT2D eigenvalue weighted by Gasteiger charge is 2.51. The maximum absolute atomic E-state index is 12.8. The number of rotatable bonds is 3. The van der Waals surface area contributed by atoms with E-state index in [2.05, 4.69) is 27.4 Å². The van der Waals surface area contributed by atoms with Crippen LogP contribution in [0.3, 0.4) is 0 Å². The number of fused-ring (bicyclic) bond motifs is 1. The van der Waals surface area contributed by atoms with Crippen LogP contribution in [-0.4, -0.2) is 23.6 Å². The van der Waals surface area contributed by atoms with Gasteiger partial charge in [-0.1, -0.05) is 36.4 Å². The summed E-state index contributed by atoms with van der Waals surface area (Å²) in [7, 11) is 0. The molecule has 1 heterocycles. The van der Waals surface area contributed by atoms with Gasteiger partial charge in [-0.15, -0.1) is 0 Å². The number of carbonyl (C=O) groups excluding carboxylic acids is 1. The number of ketones is 1. The van der Waals surface area contributed by atoms with Crippen molar-refractivity contribution in [1.29, 1.82) is 0 Å². The maximum atomic E-state index is 12.8. The van der Waals surface area contributed by atoms with Gasteiger partial charge in [-0.05, 0) is 30.7 Å². The lowest BCUT2D eigenvalue weighted by molar-refractivity contribution is -0.126. The number of hydrazone groups is 1. The molecule has 130 valence electrons. The molecule has 2 bridgehead atoms.